The van der Waals surface area contributed by atoms with Gasteiger partial charge in [0, 0.05) is 12.1 Å². The van der Waals surface area contributed by atoms with Crippen molar-refractivity contribution in [3.63, 3.8) is 0 Å². The molecule has 350 valence electrons. The summed E-state index contributed by atoms with van der Waals surface area (Å²) in [5.41, 5.74) is -29.6. The summed E-state index contributed by atoms with van der Waals surface area (Å²) in [6, 6.07) is 0.133. The molecule has 65 heavy (non-hydrogen) atoms. The molecule has 27 heteroatoms. The van der Waals surface area contributed by atoms with E-state index in [9.17, 15) is 105 Å². The van der Waals surface area contributed by atoms with Crippen molar-refractivity contribution in [3.05, 3.63) is 153 Å². The van der Waals surface area contributed by atoms with E-state index in [0.29, 0.717) is 5.69 Å². The second-order valence-corrected chi connectivity index (χ2v) is 13.7. The molecule has 0 atom stereocenters. The first-order valence-corrected chi connectivity index (χ1v) is 17.0. The van der Waals surface area contributed by atoms with Crippen molar-refractivity contribution < 1.29 is 105 Å². The fraction of sp³-hybridized carbons (Fsp3) is 0.211. The maximum absolute atomic E-state index is 14.2. The van der Waals surface area contributed by atoms with Crippen LogP contribution in [0.5, 0.6) is 0 Å². The molecule has 5 aromatic rings. The quantitative estimate of drug-likeness (QED) is 0.100. The van der Waals surface area contributed by atoms with Crippen LogP contribution < -0.4 is 21.9 Å². The van der Waals surface area contributed by atoms with E-state index >= 15 is 0 Å². The Labute approximate surface area is 346 Å². The van der Waals surface area contributed by atoms with E-state index in [1.807, 2.05) is 18.2 Å². The molecule has 0 bridgehead atoms. The Morgan fingerprint density at radius 2 is 0.446 bits per heavy atom. The van der Waals surface area contributed by atoms with E-state index < -0.39 is 195 Å². The zero-order valence-corrected chi connectivity index (χ0v) is 30.9. The van der Waals surface area contributed by atoms with Gasteiger partial charge in [-0.1, -0.05) is 66.7 Å². The predicted molar refractivity (Wildman–Crippen MR) is 181 cm³/mol. The lowest BCUT2D eigenvalue weighted by Gasteiger charge is -2.46. The van der Waals surface area contributed by atoms with E-state index in [0.717, 1.165) is 0 Å². The van der Waals surface area contributed by atoms with Crippen LogP contribution in [0.1, 0.15) is 44.5 Å². The summed E-state index contributed by atoms with van der Waals surface area (Å²) in [6.45, 7) is 0. The van der Waals surface area contributed by atoms with Crippen molar-refractivity contribution in [2.24, 2.45) is 0 Å². The molecule has 0 saturated carbocycles. The largest absolute Gasteiger partial charge is 0.416 e. The van der Waals surface area contributed by atoms with E-state index in [-0.39, 0.29) is 0 Å². The molecule has 0 saturated heterocycles. The normalized spacial score (nSPS) is 13.5. The van der Waals surface area contributed by atoms with Crippen molar-refractivity contribution in [3.8, 4) is 0 Å². The van der Waals surface area contributed by atoms with Crippen molar-refractivity contribution in [1.82, 2.24) is 0 Å². The third kappa shape index (κ3) is 11.8. The first-order valence-electron chi connectivity index (χ1n) is 17.0. The lowest BCUT2D eigenvalue weighted by molar-refractivity contribution is -0.144. The molecule has 5 rings (SSSR count). The highest BCUT2D eigenvalue weighted by molar-refractivity contribution is 7.20. The molecule has 0 fully saturated rings. The van der Waals surface area contributed by atoms with Crippen molar-refractivity contribution in [1.29, 1.82) is 5.39 Å². The summed E-state index contributed by atoms with van der Waals surface area (Å²) in [7, 11) is 0. The smallest absolute Gasteiger partial charge is 0.194 e. The number of rotatable bonds is 4. The van der Waals surface area contributed by atoms with Crippen molar-refractivity contribution in [2.45, 2.75) is 49.4 Å². The van der Waals surface area contributed by atoms with Gasteiger partial charge in [0.1, 0.15) is 6.15 Å². The van der Waals surface area contributed by atoms with Crippen LogP contribution >= 0.6 is 0 Å². The highest BCUT2D eigenvalue weighted by atomic mass is 19.4. The number of diazo groups is 1. The van der Waals surface area contributed by atoms with Gasteiger partial charge in [-0.05, 0) is 24.3 Å². The van der Waals surface area contributed by atoms with E-state index in [2.05, 4.69) is 4.98 Å². The standard InChI is InChI=1S/C32H12BF24.C6H5N2/c34-25(35,36)13-1-14(26(37,38)39)6-21(5-13)33(22-7-15(27(40,41)42)2-16(8-22)28(43,44)45,23-9-17(29(46,47)48)3-18(10-23)30(49,50)51)24-11-19(31(52,53)54)4-20(12-24)32(55,56)57;7-8-6-4-2-1-3-5-6/h1-12H;1-5H/q-1;+1. The van der Waals surface area contributed by atoms with Crippen LogP contribution in [0.4, 0.5) is 111 Å². The highest BCUT2D eigenvalue weighted by Gasteiger charge is 2.47. The zero-order chi connectivity index (χ0) is 49.7. The minimum absolute atomic E-state index is 0.590. The van der Waals surface area contributed by atoms with Crippen LogP contribution in [0, 0.1) is 5.39 Å². The molecule has 0 aromatic heterocycles. The van der Waals surface area contributed by atoms with Crippen LogP contribution in [0.25, 0.3) is 4.98 Å². The molecule has 0 unspecified atom stereocenters. The maximum atomic E-state index is 14.2. The summed E-state index contributed by atoms with van der Waals surface area (Å²) in [4.78, 5) is 2.97. The first kappa shape index (κ1) is 51.5. The van der Waals surface area contributed by atoms with Gasteiger partial charge in [0.2, 0.25) is 5.39 Å². The molecule has 0 amide bonds. The molecule has 0 aliphatic rings. The Kier molecular flexibility index (Phi) is 13.5. The molecule has 2 nitrogen and oxygen atoms in total. The molecule has 0 heterocycles. The molecule has 0 N–H and O–H groups in total. The third-order valence-corrected chi connectivity index (χ3v) is 9.31. The number of hydrogen-bond donors (Lipinski definition) is 0. The molecule has 5 aromatic carbocycles. The highest BCUT2D eigenvalue weighted by Crippen LogP contribution is 2.41. The maximum Gasteiger partial charge on any atom is 0.416 e. The summed E-state index contributed by atoms with van der Waals surface area (Å²) >= 11 is 0. The monoisotopic (exact) mass is 968 g/mol. The van der Waals surface area contributed by atoms with Gasteiger partial charge in [0.25, 0.3) is 0 Å². The Bertz CT molecular complexity index is 2110. The van der Waals surface area contributed by atoms with Crippen LogP contribution in [-0.4, -0.2) is 6.15 Å². The van der Waals surface area contributed by atoms with E-state index in [1.54, 1.807) is 12.1 Å². The fourth-order valence-corrected chi connectivity index (χ4v) is 6.57. The number of halogens is 24. The molecule has 0 spiro atoms. The Morgan fingerprint density at radius 1 is 0.277 bits per heavy atom. The van der Waals surface area contributed by atoms with Gasteiger partial charge in [-0.25, -0.2) is 0 Å². The van der Waals surface area contributed by atoms with Crippen LogP contribution in [-0.2, 0) is 49.4 Å². The molecular weight excluding hydrogens is 951 g/mol. The van der Waals surface area contributed by atoms with Crippen LogP contribution in [0.15, 0.2) is 103 Å². The van der Waals surface area contributed by atoms with Crippen LogP contribution in [0.3, 0.4) is 0 Å². The molecular formula is C38H17BF24N2. The Balaban J connectivity index is 0.00000104. The summed E-state index contributed by atoms with van der Waals surface area (Å²) in [5.74, 6) is 0. The number of nitrogens with zero attached hydrogens (tertiary/aromatic N) is 2. The van der Waals surface area contributed by atoms with Gasteiger partial charge in [-0.3, -0.25) is 0 Å². The van der Waals surface area contributed by atoms with Gasteiger partial charge >= 0.3 is 55.1 Å². The Hall–Kier alpha value is -6.10. The SMILES string of the molecule is FC(F)(F)c1cc([B-](c2cc(C(F)(F)F)cc(C(F)(F)F)c2)(c2cc(C(F)(F)F)cc(C(F)(F)F)c2)c2cc(C(F)(F)F)cc(C(F)(F)F)c2)cc(C(F)(F)F)c1.N#[N+]c1ccccc1. The summed E-state index contributed by atoms with van der Waals surface area (Å²) < 4.78 is 341. The molecule has 0 aliphatic heterocycles. The molecule has 0 aliphatic carbocycles. The van der Waals surface area contributed by atoms with Gasteiger partial charge in [-0.15, -0.1) is 0 Å². The van der Waals surface area contributed by atoms with Crippen LogP contribution in [0.2, 0.25) is 0 Å². The minimum atomic E-state index is -6.13. The predicted octanol–water partition coefficient (Wildman–Crippen LogP) is 13.4. The van der Waals surface area contributed by atoms with Gasteiger partial charge in [0.15, 0.2) is 4.98 Å². The summed E-state index contributed by atoms with van der Waals surface area (Å²) in [6.07, 6.45) is -54.8. The van der Waals surface area contributed by atoms with Gasteiger partial charge < -0.3 is 0 Å². The Morgan fingerprint density at radius 3 is 0.569 bits per heavy atom. The molecule has 0 radical (unpaired) electrons. The second-order valence-electron chi connectivity index (χ2n) is 13.7. The van der Waals surface area contributed by atoms with Gasteiger partial charge in [0.05, 0.1) is 44.5 Å². The lowest BCUT2D eigenvalue weighted by Crippen LogP contribution is -2.75. The number of benzene rings is 5. The summed E-state index contributed by atoms with van der Waals surface area (Å²) in [5, 5.41) is 8.16. The van der Waals surface area contributed by atoms with E-state index in [1.165, 1.54) is 0 Å². The minimum Gasteiger partial charge on any atom is -0.194 e. The zero-order valence-electron chi connectivity index (χ0n) is 30.9. The lowest BCUT2D eigenvalue weighted by atomic mass is 9.12. The van der Waals surface area contributed by atoms with Gasteiger partial charge in [-0.2, -0.15) is 127 Å². The first-order chi connectivity index (χ1) is 29.2. The number of hydrogen-bond acceptors (Lipinski definition) is 1. The fourth-order valence-electron chi connectivity index (χ4n) is 6.57. The average molecular weight is 968 g/mol. The van der Waals surface area contributed by atoms with Crippen molar-refractivity contribution >= 4 is 33.7 Å². The average Bonchev–Trinajstić information content (AvgIpc) is 3.15. The number of alkyl halides is 24. The van der Waals surface area contributed by atoms with Crippen molar-refractivity contribution in [2.75, 3.05) is 0 Å². The third-order valence-electron chi connectivity index (χ3n) is 9.31. The topological polar surface area (TPSA) is 28.1 Å². The van der Waals surface area contributed by atoms with E-state index in [4.69, 9.17) is 5.39 Å². The second kappa shape index (κ2) is 17.0.